The van der Waals surface area contributed by atoms with Gasteiger partial charge in [0.2, 0.25) is 5.91 Å². The zero-order chi connectivity index (χ0) is 13.7. The molecular formula is C10H12BrNO4S2. The van der Waals surface area contributed by atoms with Gasteiger partial charge in [0.05, 0.1) is 15.3 Å². The van der Waals surface area contributed by atoms with Crippen molar-refractivity contribution in [2.75, 3.05) is 5.75 Å². The van der Waals surface area contributed by atoms with E-state index in [9.17, 15) is 13.8 Å². The van der Waals surface area contributed by atoms with Gasteiger partial charge in [-0.3, -0.25) is 9.00 Å². The third kappa shape index (κ3) is 5.28. The number of hydrogen-bond donors (Lipinski definition) is 2. The molecule has 0 fully saturated rings. The summed E-state index contributed by atoms with van der Waals surface area (Å²) < 4.78 is 12.7. The molecular weight excluding hydrogens is 342 g/mol. The maximum atomic E-state index is 11.8. The summed E-state index contributed by atoms with van der Waals surface area (Å²) in [5.74, 6) is -1.42. The Morgan fingerprint density at radius 2 is 2.22 bits per heavy atom. The van der Waals surface area contributed by atoms with Gasteiger partial charge in [-0.2, -0.15) is 0 Å². The first kappa shape index (κ1) is 15.3. The van der Waals surface area contributed by atoms with Gasteiger partial charge >= 0.3 is 5.97 Å². The Hall–Kier alpha value is -0.730. The number of carbonyl (C=O) groups excluding carboxylic acids is 1. The van der Waals surface area contributed by atoms with Gasteiger partial charge in [-0.25, -0.2) is 4.79 Å². The number of nitrogens with one attached hydrogen (secondary N) is 1. The lowest BCUT2D eigenvalue weighted by Gasteiger charge is -2.12. The van der Waals surface area contributed by atoms with Crippen molar-refractivity contribution in [3.8, 4) is 0 Å². The Morgan fingerprint density at radius 3 is 2.67 bits per heavy atom. The van der Waals surface area contributed by atoms with Crippen LogP contribution in [0.15, 0.2) is 15.9 Å². The Balaban J connectivity index is 2.56. The SMILES string of the molecule is CC(=O)N[C@@H](CS(=O)Cc1ccc(Br)s1)C(=O)O. The van der Waals surface area contributed by atoms with E-state index in [2.05, 4.69) is 21.2 Å². The number of aliphatic carboxylic acids is 1. The highest BCUT2D eigenvalue weighted by molar-refractivity contribution is 9.11. The molecule has 0 aliphatic heterocycles. The van der Waals surface area contributed by atoms with E-state index < -0.39 is 28.7 Å². The normalized spacial score (nSPS) is 13.9. The standard InChI is InChI=1S/C10H12BrNO4S2/c1-6(13)12-8(10(14)15)5-18(16)4-7-2-3-9(11)17-7/h2-3,8H,4-5H2,1H3,(H,12,13)(H,14,15)/t8-,18?/m0/s1. The minimum absolute atomic E-state index is 0.0928. The Labute approximate surface area is 119 Å². The van der Waals surface area contributed by atoms with Crippen LogP contribution in [0.4, 0.5) is 0 Å². The number of thiophene rings is 1. The Kier molecular flexibility index (Phi) is 5.97. The minimum atomic E-state index is -1.33. The zero-order valence-corrected chi connectivity index (χ0v) is 12.7. The average molecular weight is 354 g/mol. The van der Waals surface area contributed by atoms with E-state index in [1.807, 2.05) is 12.1 Å². The van der Waals surface area contributed by atoms with Crippen LogP contribution in [-0.2, 0) is 26.1 Å². The lowest BCUT2D eigenvalue weighted by molar-refractivity contribution is -0.140. The van der Waals surface area contributed by atoms with Gasteiger partial charge in [0.25, 0.3) is 0 Å². The van der Waals surface area contributed by atoms with Crippen LogP contribution >= 0.6 is 27.3 Å². The molecule has 1 rings (SSSR count). The second-order valence-electron chi connectivity index (χ2n) is 3.55. The highest BCUT2D eigenvalue weighted by atomic mass is 79.9. The molecule has 0 saturated heterocycles. The van der Waals surface area contributed by atoms with E-state index in [1.54, 1.807) is 0 Å². The molecule has 8 heteroatoms. The number of halogens is 1. The predicted molar refractivity (Wildman–Crippen MR) is 74.0 cm³/mol. The topological polar surface area (TPSA) is 83.5 Å². The van der Waals surface area contributed by atoms with Crippen LogP contribution in [-0.4, -0.2) is 33.0 Å². The van der Waals surface area contributed by atoms with Crippen LogP contribution < -0.4 is 5.32 Å². The minimum Gasteiger partial charge on any atom is -0.480 e. The average Bonchev–Trinajstić information content (AvgIpc) is 2.62. The summed E-state index contributed by atoms with van der Waals surface area (Å²) in [7, 11) is -1.33. The fourth-order valence-corrected chi connectivity index (χ4v) is 4.29. The molecule has 0 spiro atoms. The molecule has 1 heterocycles. The molecule has 100 valence electrons. The summed E-state index contributed by atoms with van der Waals surface area (Å²) >= 11 is 4.75. The molecule has 0 radical (unpaired) electrons. The van der Waals surface area contributed by atoms with Crippen LogP contribution in [0.25, 0.3) is 0 Å². The van der Waals surface area contributed by atoms with Gasteiger partial charge in [-0.05, 0) is 28.1 Å². The number of amides is 1. The molecule has 2 atom stereocenters. The van der Waals surface area contributed by atoms with Crippen LogP contribution in [0.1, 0.15) is 11.8 Å². The first-order valence-electron chi connectivity index (χ1n) is 4.97. The first-order chi connectivity index (χ1) is 8.38. The molecule has 0 bridgehead atoms. The number of rotatable bonds is 6. The van der Waals surface area contributed by atoms with E-state index >= 15 is 0 Å². The third-order valence-electron chi connectivity index (χ3n) is 1.96. The smallest absolute Gasteiger partial charge is 0.327 e. The van der Waals surface area contributed by atoms with Crippen molar-refractivity contribution in [1.82, 2.24) is 5.32 Å². The van der Waals surface area contributed by atoms with E-state index in [0.29, 0.717) is 5.75 Å². The van der Waals surface area contributed by atoms with Crippen molar-refractivity contribution in [3.05, 3.63) is 20.8 Å². The molecule has 0 aliphatic carbocycles. The maximum absolute atomic E-state index is 11.8. The van der Waals surface area contributed by atoms with E-state index in [4.69, 9.17) is 5.11 Å². The van der Waals surface area contributed by atoms with Gasteiger partial charge in [0.1, 0.15) is 6.04 Å². The fraction of sp³-hybridized carbons (Fsp3) is 0.400. The van der Waals surface area contributed by atoms with E-state index in [-0.39, 0.29) is 5.75 Å². The molecule has 0 aromatic carbocycles. The van der Waals surface area contributed by atoms with Crippen LogP contribution in [0.2, 0.25) is 0 Å². The molecule has 0 aliphatic rings. The Morgan fingerprint density at radius 1 is 1.56 bits per heavy atom. The first-order valence-corrected chi connectivity index (χ1v) is 8.07. The van der Waals surface area contributed by atoms with Crippen molar-refractivity contribution >= 4 is 49.9 Å². The second-order valence-corrected chi connectivity index (χ2v) is 7.60. The molecule has 18 heavy (non-hydrogen) atoms. The van der Waals surface area contributed by atoms with Gasteiger partial charge in [-0.15, -0.1) is 11.3 Å². The van der Waals surface area contributed by atoms with E-state index in [0.717, 1.165) is 8.66 Å². The maximum Gasteiger partial charge on any atom is 0.327 e. The molecule has 1 unspecified atom stereocenters. The molecule has 1 aromatic rings. The summed E-state index contributed by atoms with van der Waals surface area (Å²) in [6.07, 6.45) is 0. The number of hydrogen-bond acceptors (Lipinski definition) is 4. The highest BCUT2D eigenvalue weighted by Crippen LogP contribution is 2.23. The highest BCUT2D eigenvalue weighted by Gasteiger charge is 2.21. The third-order valence-corrected chi connectivity index (χ3v) is 5.10. The monoisotopic (exact) mass is 353 g/mol. The summed E-state index contributed by atoms with van der Waals surface area (Å²) in [5.41, 5.74) is 0. The van der Waals surface area contributed by atoms with Crippen molar-refractivity contribution in [1.29, 1.82) is 0 Å². The molecule has 1 aromatic heterocycles. The number of carbonyl (C=O) groups is 2. The summed E-state index contributed by atoms with van der Waals surface area (Å²) in [6.45, 7) is 1.23. The molecule has 1 amide bonds. The quantitative estimate of drug-likeness (QED) is 0.808. The van der Waals surface area contributed by atoms with Crippen molar-refractivity contribution in [2.24, 2.45) is 0 Å². The zero-order valence-electron chi connectivity index (χ0n) is 9.51. The Bertz CT molecular complexity index is 474. The van der Waals surface area contributed by atoms with Crippen molar-refractivity contribution in [2.45, 2.75) is 18.7 Å². The van der Waals surface area contributed by atoms with E-state index in [1.165, 1.54) is 18.3 Å². The summed E-state index contributed by atoms with van der Waals surface area (Å²) in [5, 5.41) is 11.2. The van der Waals surface area contributed by atoms with Crippen molar-refractivity contribution in [3.63, 3.8) is 0 Å². The molecule has 2 N–H and O–H groups in total. The van der Waals surface area contributed by atoms with Gasteiger partial charge < -0.3 is 10.4 Å². The predicted octanol–water partition coefficient (Wildman–Crippen LogP) is 1.35. The largest absolute Gasteiger partial charge is 0.480 e. The number of carboxylic acids is 1. The van der Waals surface area contributed by atoms with Gasteiger partial charge in [0, 0.05) is 22.6 Å². The van der Waals surface area contributed by atoms with Gasteiger partial charge in [-0.1, -0.05) is 0 Å². The molecule has 0 saturated carbocycles. The molecule has 5 nitrogen and oxygen atoms in total. The number of carboxylic acid groups (broad SMARTS) is 1. The lowest BCUT2D eigenvalue weighted by Crippen LogP contribution is -2.43. The second kappa shape index (κ2) is 7.01. The van der Waals surface area contributed by atoms with Crippen LogP contribution in [0, 0.1) is 0 Å². The van der Waals surface area contributed by atoms with Gasteiger partial charge in [0.15, 0.2) is 0 Å². The fourth-order valence-electron chi connectivity index (χ4n) is 1.25. The summed E-state index contributed by atoms with van der Waals surface area (Å²) in [4.78, 5) is 22.6. The summed E-state index contributed by atoms with van der Waals surface area (Å²) in [6, 6.07) is 2.58. The van der Waals surface area contributed by atoms with Crippen LogP contribution in [0.3, 0.4) is 0 Å². The lowest BCUT2D eigenvalue weighted by atomic mass is 10.3. The van der Waals surface area contributed by atoms with Crippen molar-refractivity contribution < 1.29 is 18.9 Å². The van der Waals surface area contributed by atoms with Crippen LogP contribution in [0.5, 0.6) is 0 Å².